The number of carbonyl (C=O) groups excluding carboxylic acids is 2. The Morgan fingerprint density at radius 1 is 1.12 bits per heavy atom. The number of halogens is 1. The van der Waals surface area contributed by atoms with E-state index in [1.165, 1.54) is 25.1 Å². The van der Waals surface area contributed by atoms with Gasteiger partial charge < -0.3 is 15.0 Å². The Bertz CT molecular complexity index is 786. The van der Waals surface area contributed by atoms with E-state index in [1.54, 1.807) is 35.2 Å². The minimum atomic E-state index is -0.441. The summed E-state index contributed by atoms with van der Waals surface area (Å²) in [7, 11) is 0. The van der Waals surface area contributed by atoms with Crippen molar-refractivity contribution >= 4 is 23.2 Å². The maximum absolute atomic E-state index is 13.6. The molecule has 0 aliphatic carbocycles. The number of carbonyl (C=O) groups is 2. The number of amides is 2. The SMILES string of the molecule is CC(=O)Nc1ccc(N(C(=O)c2cccc(F)c2)C2CCOCC2)cc1. The van der Waals surface area contributed by atoms with E-state index in [0.29, 0.717) is 43.0 Å². The van der Waals surface area contributed by atoms with E-state index < -0.39 is 5.82 Å². The standard InChI is InChI=1S/C20H21FN2O3/c1-14(24)22-17-5-7-18(8-6-17)23(19-9-11-26-12-10-19)20(25)15-3-2-4-16(21)13-15/h2-8,13,19H,9-12H2,1H3,(H,22,24). The van der Waals surface area contributed by atoms with Crippen LogP contribution < -0.4 is 10.2 Å². The summed E-state index contributed by atoms with van der Waals surface area (Å²) in [6.07, 6.45) is 1.43. The first-order valence-corrected chi connectivity index (χ1v) is 8.59. The summed E-state index contributed by atoms with van der Waals surface area (Å²) < 4.78 is 19.0. The van der Waals surface area contributed by atoms with Gasteiger partial charge in [0.25, 0.3) is 5.91 Å². The molecule has 1 fully saturated rings. The lowest BCUT2D eigenvalue weighted by Gasteiger charge is -2.34. The fourth-order valence-corrected chi connectivity index (χ4v) is 3.11. The zero-order chi connectivity index (χ0) is 18.5. The second-order valence-corrected chi connectivity index (χ2v) is 6.26. The lowest BCUT2D eigenvalue weighted by Crippen LogP contribution is -2.43. The van der Waals surface area contributed by atoms with E-state index in [2.05, 4.69) is 5.32 Å². The number of ether oxygens (including phenoxy) is 1. The number of anilines is 2. The van der Waals surface area contributed by atoms with Crippen molar-refractivity contribution in [2.75, 3.05) is 23.4 Å². The van der Waals surface area contributed by atoms with Crippen molar-refractivity contribution in [3.05, 3.63) is 59.9 Å². The molecule has 136 valence electrons. The van der Waals surface area contributed by atoms with Crippen LogP contribution in [0, 0.1) is 5.82 Å². The molecule has 0 spiro atoms. The highest BCUT2D eigenvalue weighted by atomic mass is 19.1. The lowest BCUT2D eigenvalue weighted by atomic mass is 10.0. The summed E-state index contributed by atoms with van der Waals surface area (Å²) in [4.78, 5) is 26.0. The molecule has 2 aromatic carbocycles. The number of nitrogens with one attached hydrogen (secondary N) is 1. The summed E-state index contributed by atoms with van der Waals surface area (Å²) in [5.41, 5.74) is 1.68. The van der Waals surface area contributed by atoms with E-state index in [-0.39, 0.29) is 17.9 Å². The van der Waals surface area contributed by atoms with Gasteiger partial charge in [-0.25, -0.2) is 4.39 Å². The average Bonchev–Trinajstić information content (AvgIpc) is 2.64. The van der Waals surface area contributed by atoms with Gasteiger partial charge in [-0.3, -0.25) is 9.59 Å². The molecular formula is C20H21FN2O3. The van der Waals surface area contributed by atoms with Crippen LogP contribution in [0.1, 0.15) is 30.1 Å². The molecule has 26 heavy (non-hydrogen) atoms. The second-order valence-electron chi connectivity index (χ2n) is 6.26. The molecule has 0 unspecified atom stereocenters. The molecule has 1 aliphatic heterocycles. The first kappa shape index (κ1) is 18.1. The summed E-state index contributed by atoms with van der Waals surface area (Å²) in [6.45, 7) is 2.61. The molecule has 1 aliphatic rings. The normalized spacial score (nSPS) is 14.7. The van der Waals surface area contributed by atoms with Crippen LogP contribution in [-0.4, -0.2) is 31.1 Å². The van der Waals surface area contributed by atoms with Crippen molar-refractivity contribution < 1.29 is 18.7 Å². The number of nitrogens with zero attached hydrogens (tertiary/aromatic N) is 1. The van der Waals surface area contributed by atoms with Gasteiger partial charge in [0.2, 0.25) is 5.91 Å². The molecular weight excluding hydrogens is 335 g/mol. The van der Waals surface area contributed by atoms with Crippen molar-refractivity contribution in [3.63, 3.8) is 0 Å². The van der Waals surface area contributed by atoms with Crippen LogP contribution in [0.2, 0.25) is 0 Å². The van der Waals surface area contributed by atoms with E-state index in [0.717, 1.165) is 0 Å². The highest BCUT2D eigenvalue weighted by molar-refractivity contribution is 6.06. The van der Waals surface area contributed by atoms with Crippen LogP contribution >= 0.6 is 0 Å². The largest absolute Gasteiger partial charge is 0.381 e. The highest BCUT2D eigenvalue weighted by Gasteiger charge is 2.28. The fraction of sp³-hybridized carbons (Fsp3) is 0.300. The molecule has 6 heteroatoms. The van der Waals surface area contributed by atoms with Gasteiger partial charge in [-0.15, -0.1) is 0 Å². The van der Waals surface area contributed by atoms with Gasteiger partial charge in [0.1, 0.15) is 5.82 Å². The Morgan fingerprint density at radius 2 is 1.81 bits per heavy atom. The predicted molar refractivity (Wildman–Crippen MR) is 97.8 cm³/mol. The Kier molecular flexibility index (Phi) is 5.63. The first-order chi connectivity index (χ1) is 12.5. The lowest BCUT2D eigenvalue weighted by molar-refractivity contribution is -0.114. The maximum atomic E-state index is 13.6. The fourth-order valence-electron chi connectivity index (χ4n) is 3.11. The van der Waals surface area contributed by atoms with Crippen molar-refractivity contribution in [1.29, 1.82) is 0 Å². The topological polar surface area (TPSA) is 58.6 Å². The third-order valence-electron chi connectivity index (χ3n) is 4.31. The van der Waals surface area contributed by atoms with Crippen LogP contribution in [0.3, 0.4) is 0 Å². The minimum Gasteiger partial charge on any atom is -0.381 e. The van der Waals surface area contributed by atoms with E-state index in [4.69, 9.17) is 4.74 Å². The van der Waals surface area contributed by atoms with E-state index in [1.807, 2.05) is 0 Å². The van der Waals surface area contributed by atoms with Gasteiger partial charge in [0.05, 0.1) is 0 Å². The highest BCUT2D eigenvalue weighted by Crippen LogP contribution is 2.27. The Labute approximate surface area is 151 Å². The molecule has 0 bridgehead atoms. The van der Waals surface area contributed by atoms with Gasteiger partial charge in [-0.05, 0) is 55.3 Å². The molecule has 0 atom stereocenters. The summed E-state index contributed by atoms with van der Waals surface area (Å²) >= 11 is 0. The van der Waals surface area contributed by atoms with Crippen LogP contribution in [0.15, 0.2) is 48.5 Å². The molecule has 1 heterocycles. The number of hydrogen-bond donors (Lipinski definition) is 1. The smallest absolute Gasteiger partial charge is 0.258 e. The molecule has 2 aromatic rings. The zero-order valence-electron chi connectivity index (χ0n) is 14.6. The molecule has 0 saturated carbocycles. The molecule has 1 N–H and O–H groups in total. The van der Waals surface area contributed by atoms with Crippen LogP contribution in [-0.2, 0) is 9.53 Å². The third kappa shape index (κ3) is 4.26. The molecule has 5 nitrogen and oxygen atoms in total. The Morgan fingerprint density at radius 3 is 2.42 bits per heavy atom. The average molecular weight is 356 g/mol. The van der Waals surface area contributed by atoms with E-state index in [9.17, 15) is 14.0 Å². The van der Waals surface area contributed by atoms with Crippen LogP contribution in [0.4, 0.5) is 15.8 Å². The second kappa shape index (κ2) is 8.10. The summed E-state index contributed by atoms with van der Waals surface area (Å²) in [6, 6.07) is 12.8. The minimum absolute atomic E-state index is 0.0221. The summed E-state index contributed by atoms with van der Waals surface area (Å²) in [5, 5.41) is 2.71. The summed E-state index contributed by atoms with van der Waals surface area (Å²) in [5.74, 6) is -0.845. The Balaban J connectivity index is 1.92. The predicted octanol–water partition coefficient (Wildman–Crippen LogP) is 3.61. The van der Waals surface area contributed by atoms with Crippen molar-refractivity contribution in [3.8, 4) is 0 Å². The molecule has 0 radical (unpaired) electrons. The van der Waals surface area contributed by atoms with Crippen molar-refractivity contribution in [2.24, 2.45) is 0 Å². The molecule has 0 aromatic heterocycles. The molecule has 3 rings (SSSR count). The van der Waals surface area contributed by atoms with E-state index >= 15 is 0 Å². The van der Waals surface area contributed by atoms with Gasteiger partial charge in [0.15, 0.2) is 0 Å². The van der Waals surface area contributed by atoms with Gasteiger partial charge in [-0.2, -0.15) is 0 Å². The molecule has 1 saturated heterocycles. The number of rotatable bonds is 4. The van der Waals surface area contributed by atoms with Crippen molar-refractivity contribution in [1.82, 2.24) is 0 Å². The zero-order valence-corrected chi connectivity index (χ0v) is 14.6. The molecule has 2 amide bonds. The first-order valence-electron chi connectivity index (χ1n) is 8.59. The van der Waals surface area contributed by atoms with Gasteiger partial charge in [-0.1, -0.05) is 6.07 Å². The van der Waals surface area contributed by atoms with Gasteiger partial charge >= 0.3 is 0 Å². The monoisotopic (exact) mass is 356 g/mol. The quantitative estimate of drug-likeness (QED) is 0.910. The van der Waals surface area contributed by atoms with Crippen LogP contribution in [0.25, 0.3) is 0 Å². The van der Waals surface area contributed by atoms with Crippen molar-refractivity contribution in [2.45, 2.75) is 25.8 Å². The third-order valence-corrected chi connectivity index (χ3v) is 4.31. The number of benzene rings is 2. The number of hydrogen-bond acceptors (Lipinski definition) is 3. The maximum Gasteiger partial charge on any atom is 0.258 e. The van der Waals surface area contributed by atoms with Crippen LogP contribution in [0.5, 0.6) is 0 Å². The Hall–Kier alpha value is -2.73. The van der Waals surface area contributed by atoms with Gasteiger partial charge in [0, 0.05) is 43.1 Å².